The molecule has 0 aromatic rings. The van der Waals surface area contributed by atoms with Gasteiger partial charge in [-0.15, -0.1) is 0 Å². The van der Waals surface area contributed by atoms with E-state index in [2.05, 4.69) is 0 Å². The first-order valence-corrected chi connectivity index (χ1v) is 8.71. The van der Waals surface area contributed by atoms with E-state index < -0.39 is 0 Å². The Labute approximate surface area is 119 Å². The lowest BCUT2D eigenvalue weighted by Gasteiger charge is -2.30. The van der Waals surface area contributed by atoms with Crippen LogP contribution in [0.5, 0.6) is 0 Å². The van der Waals surface area contributed by atoms with Gasteiger partial charge in [-0.25, -0.2) is 0 Å². The molecule has 2 unspecified atom stereocenters. The Morgan fingerprint density at radius 2 is 1.44 bits per heavy atom. The summed E-state index contributed by atoms with van der Waals surface area (Å²) in [6.45, 7) is 0. The van der Waals surface area contributed by atoms with E-state index in [0.717, 1.165) is 18.3 Å². The number of rotatable bonds is 5. The molecule has 2 N–H and O–H groups in total. The quantitative estimate of drug-likeness (QED) is 0.703. The smallest absolute Gasteiger partial charge is 0.00597 e. The van der Waals surface area contributed by atoms with Crippen molar-refractivity contribution < 1.29 is 0 Å². The predicted molar refractivity (Wildman–Crippen MR) is 83.1 cm³/mol. The summed E-state index contributed by atoms with van der Waals surface area (Å²) >= 11 is 4.85. The minimum Gasteiger partial charge on any atom is -0.328 e. The fourth-order valence-electron chi connectivity index (χ4n) is 3.97. The van der Waals surface area contributed by atoms with E-state index in [0.29, 0.717) is 11.3 Å². The van der Waals surface area contributed by atoms with Crippen LogP contribution in [0.1, 0.15) is 77.0 Å². The molecule has 2 aliphatic carbocycles. The highest BCUT2D eigenvalue weighted by atomic mass is 32.1. The van der Waals surface area contributed by atoms with Crippen molar-refractivity contribution in [3.63, 3.8) is 0 Å². The van der Waals surface area contributed by atoms with Crippen LogP contribution < -0.4 is 5.73 Å². The van der Waals surface area contributed by atoms with Gasteiger partial charge in [-0.05, 0) is 37.5 Å². The maximum Gasteiger partial charge on any atom is 0.00597 e. The molecule has 2 rings (SSSR count). The standard InChI is InChI=1S/C16H31NS/c17-15(11-13-7-3-1-4-8-13)12-16(18)14-9-5-2-6-10-14/h13-16,18H,1-12,17H2. The summed E-state index contributed by atoms with van der Waals surface area (Å²) in [5, 5.41) is 0.559. The van der Waals surface area contributed by atoms with Crippen molar-refractivity contribution >= 4 is 12.6 Å². The van der Waals surface area contributed by atoms with Crippen LogP contribution in [0.25, 0.3) is 0 Å². The summed E-state index contributed by atoms with van der Waals surface area (Å²) in [6, 6.07) is 0.400. The molecule has 0 bridgehead atoms. The van der Waals surface area contributed by atoms with Crippen molar-refractivity contribution in [3.05, 3.63) is 0 Å². The molecular weight excluding hydrogens is 238 g/mol. The molecule has 1 nitrogen and oxygen atoms in total. The average Bonchev–Trinajstić information content (AvgIpc) is 2.40. The Bertz CT molecular complexity index is 219. The highest BCUT2D eigenvalue weighted by Crippen LogP contribution is 2.33. The Morgan fingerprint density at radius 1 is 0.889 bits per heavy atom. The Kier molecular flexibility index (Phi) is 6.37. The molecule has 2 saturated carbocycles. The van der Waals surface area contributed by atoms with Crippen molar-refractivity contribution in [2.45, 2.75) is 88.3 Å². The summed E-state index contributed by atoms with van der Waals surface area (Å²) in [5.74, 6) is 1.76. The normalized spacial score (nSPS) is 27.0. The lowest BCUT2D eigenvalue weighted by Crippen LogP contribution is -2.31. The topological polar surface area (TPSA) is 26.0 Å². The highest BCUT2D eigenvalue weighted by Gasteiger charge is 2.24. The average molecular weight is 269 g/mol. The molecule has 106 valence electrons. The number of thiol groups is 1. The van der Waals surface area contributed by atoms with E-state index in [-0.39, 0.29) is 0 Å². The van der Waals surface area contributed by atoms with E-state index in [1.165, 1.54) is 70.6 Å². The van der Waals surface area contributed by atoms with E-state index in [4.69, 9.17) is 18.4 Å². The Morgan fingerprint density at radius 3 is 2.06 bits per heavy atom. The van der Waals surface area contributed by atoms with Gasteiger partial charge in [0.05, 0.1) is 0 Å². The maximum atomic E-state index is 6.36. The van der Waals surface area contributed by atoms with E-state index in [9.17, 15) is 0 Å². The van der Waals surface area contributed by atoms with Crippen LogP contribution in [0.3, 0.4) is 0 Å². The SMILES string of the molecule is NC(CC1CCCCC1)CC(S)C1CCCCC1. The van der Waals surface area contributed by atoms with Gasteiger partial charge >= 0.3 is 0 Å². The minimum atomic E-state index is 0.400. The minimum absolute atomic E-state index is 0.400. The fraction of sp³-hybridized carbons (Fsp3) is 1.00. The molecule has 0 spiro atoms. The zero-order chi connectivity index (χ0) is 12.8. The van der Waals surface area contributed by atoms with Gasteiger partial charge in [0, 0.05) is 11.3 Å². The van der Waals surface area contributed by atoms with Crippen LogP contribution in [0.15, 0.2) is 0 Å². The maximum absolute atomic E-state index is 6.36. The van der Waals surface area contributed by atoms with Gasteiger partial charge in [-0.3, -0.25) is 0 Å². The lowest BCUT2D eigenvalue weighted by molar-refractivity contribution is 0.291. The van der Waals surface area contributed by atoms with E-state index in [1.807, 2.05) is 0 Å². The predicted octanol–water partition coefficient (Wildman–Crippen LogP) is 4.55. The second kappa shape index (κ2) is 7.79. The fourth-order valence-corrected chi connectivity index (χ4v) is 4.54. The van der Waals surface area contributed by atoms with E-state index >= 15 is 0 Å². The first-order chi connectivity index (χ1) is 8.75. The molecule has 0 aromatic carbocycles. The highest BCUT2D eigenvalue weighted by molar-refractivity contribution is 7.81. The third kappa shape index (κ3) is 4.77. The molecule has 2 heteroatoms. The van der Waals surface area contributed by atoms with Gasteiger partial charge < -0.3 is 5.73 Å². The first kappa shape index (κ1) is 14.7. The van der Waals surface area contributed by atoms with Crippen LogP contribution in [0.4, 0.5) is 0 Å². The van der Waals surface area contributed by atoms with Crippen LogP contribution in [-0.4, -0.2) is 11.3 Å². The molecule has 0 radical (unpaired) electrons. The molecule has 18 heavy (non-hydrogen) atoms. The monoisotopic (exact) mass is 269 g/mol. The van der Waals surface area contributed by atoms with Crippen LogP contribution >= 0.6 is 12.6 Å². The molecular formula is C16H31NS. The molecule has 0 amide bonds. The summed E-state index contributed by atoms with van der Waals surface area (Å²) in [5.41, 5.74) is 6.36. The third-order valence-electron chi connectivity index (χ3n) is 5.10. The van der Waals surface area contributed by atoms with Crippen LogP contribution in [0, 0.1) is 11.8 Å². The molecule has 2 fully saturated rings. The molecule has 0 aliphatic heterocycles. The van der Waals surface area contributed by atoms with E-state index in [1.54, 1.807) is 0 Å². The first-order valence-electron chi connectivity index (χ1n) is 8.19. The summed E-state index contributed by atoms with van der Waals surface area (Å²) in [4.78, 5) is 0. The van der Waals surface area contributed by atoms with Gasteiger partial charge in [0.2, 0.25) is 0 Å². The molecule has 2 aliphatic rings. The van der Waals surface area contributed by atoms with Crippen LogP contribution in [0.2, 0.25) is 0 Å². The lowest BCUT2D eigenvalue weighted by atomic mass is 9.81. The molecule has 0 aromatic heterocycles. The van der Waals surface area contributed by atoms with Crippen molar-refractivity contribution in [1.82, 2.24) is 0 Å². The number of hydrogen-bond donors (Lipinski definition) is 2. The van der Waals surface area contributed by atoms with Gasteiger partial charge in [0.1, 0.15) is 0 Å². The second-order valence-electron chi connectivity index (χ2n) is 6.70. The van der Waals surface area contributed by atoms with Gasteiger partial charge in [0.25, 0.3) is 0 Å². The molecule has 0 heterocycles. The van der Waals surface area contributed by atoms with Gasteiger partial charge in [-0.2, -0.15) is 12.6 Å². The van der Waals surface area contributed by atoms with Crippen molar-refractivity contribution in [3.8, 4) is 0 Å². The van der Waals surface area contributed by atoms with Crippen molar-refractivity contribution in [2.75, 3.05) is 0 Å². The summed E-state index contributed by atoms with van der Waals surface area (Å²) < 4.78 is 0. The third-order valence-corrected chi connectivity index (χ3v) is 5.73. The van der Waals surface area contributed by atoms with Gasteiger partial charge in [-0.1, -0.05) is 51.4 Å². The molecule has 0 saturated heterocycles. The van der Waals surface area contributed by atoms with Gasteiger partial charge in [0.15, 0.2) is 0 Å². The summed E-state index contributed by atoms with van der Waals surface area (Å²) in [6.07, 6.45) is 16.6. The van der Waals surface area contributed by atoms with Crippen LogP contribution in [-0.2, 0) is 0 Å². The summed E-state index contributed by atoms with van der Waals surface area (Å²) in [7, 11) is 0. The number of hydrogen-bond acceptors (Lipinski definition) is 2. The largest absolute Gasteiger partial charge is 0.328 e. The number of nitrogens with two attached hydrogens (primary N) is 1. The molecule has 2 atom stereocenters. The zero-order valence-corrected chi connectivity index (χ0v) is 12.7. The second-order valence-corrected chi connectivity index (χ2v) is 7.36. The van der Waals surface area contributed by atoms with Crippen molar-refractivity contribution in [2.24, 2.45) is 17.6 Å². The van der Waals surface area contributed by atoms with Crippen molar-refractivity contribution in [1.29, 1.82) is 0 Å². The Balaban J connectivity index is 1.67. The zero-order valence-electron chi connectivity index (χ0n) is 11.8. The Hall–Kier alpha value is 0.310.